The highest BCUT2D eigenvalue weighted by Gasteiger charge is 2.28. The molecule has 0 aliphatic heterocycles. The van der Waals surface area contributed by atoms with Crippen molar-refractivity contribution in [3.8, 4) is 0 Å². The van der Waals surface area contributed by atoms with E-state index in [9.17, 15) is 14.4 Å². The molecule has 34 heavy (non-hydrogen) atoms. The molecule has 0 saturated heterocycles. The van der Waals surface area contributed by atoms with Crippen LogP contribution in [0.15, 0.2) is 54.6 Å². The molecule has 1 heterocycles. The summed E-state index contributed by atoms with van der Waals surface area (Å²) in [6, 6.07) is 17.2. The number of rotatable bonds is 6. The van der Waals surface area contributed by atoms with Gasteiger partial charge in [-0.2, -0.15) is 0 Å². The molecule has 4 aromatic rings. The van der Waals surface area contributed by atoms with Gasteiger partial charge >= 0.3 is 11.9 Å². The highest BCUT2D eigenvalue weighted by molar-refractivity contribution is 7.17. The average Bonchev–Trinajstić information content (AvgIpc) is 3.42. The van der Waals surface area contributed by atoms with E-state index in [1.54, 1.807) is 6.92 Å². The molecule has 0 unspecified atom stereocenters. The van der Waals surface area contributed by atoms with Gasteiger partial charge in [-0.05, 0) is 59.4 Å². The molecule has 6 nitrogen and oxygen atoms in total. The molecule has 5 rings (SSSR count). The zero-order chi connectivity index (χ0) is 23.7. The van der Waals surface area contributed by atoms with Crippen molar-refractivity contribution in [2.24, 2.45) is 0 Å². The lowest BCUT2D eigenvalue weighted by Crippen LogP contribution is -2.22. The predicted molar refractivity (Wildman–Crippen MR) is 133 cm³/mol. The number of hydrogen-bond acceptors (Lipinski definition) is 6. The van der Waals surface area contributed by atoms with Crippen LogP contribution in [0.3, 0.4) is 0 Å². The van der Waals surface area contributed by atoms with E-state index in [1.807, 2.05) is 54.6 Å². The van der Waals surface area contributed by atoms with Crippen LogP contribution >= 0.6 is 11.3 Å². The molecule has 0 fully saturated rings. The molecule has 172 valence electrons. The lowest BCUT2D eigenvalue weighted by Gasteiger charge is -2.12. The smallest absolute Gasteiger partial charge is 0.341 e. The first kappa shape index (κ1) is 22.1. The lowest BCUT2D eigenvalue weighted by atomic mass is 9.97. The topological polar surface area (TPSA) is 81.7 Å². The summed E-state index contributed by atoms with van der Waals surface area (Å²) in [5, 5.41) is 6.60. The third-order valence-electron chi connectivity index (χ3n) is 5.96. The average molecular weight is 474 g/mol. The summed E-state index contributed by atoms with van der Waals surface area (Å²) < 4.78 is 10.6. The number of hydrogen-bond donors (Lipinski definition) is 1. The van der Waals surface area contributed by atoms with Gasteiger partial charge in [0.1, 0.15) is 5.00 Å². The number of ether oxygens (including phenoxy) is 2. The number of anilines is 1. The molecule has 0 bridgehead atoms. The van der Waals surface area contributed by atoms with Crippen molar-refractivity contribution < 1.29 is 23.9 Å². The molecule has 0 radical (unpaired) electrons. The van der Waals surface area contributed by atoms with E-state index in [1.165, 1.54) is 11.3 Å². The second-order valence-corrected chi connectivity index (χ2v) is 9.21. The van der Waals surface area contributed by atoms with Gasteiger partial charge < -0.3 is 14.8 Å². The fourth-order valence-corrected chi connectivity index (χ4v) is 5.80. The summed E-state index contributed by atoms with van der Waals surface area (Å²) in [5.74, 6) is -1.50. The van der Waals surface area contributed by atoms with Crippen molar-refractivity contribution in [2.45, 2.75) is 26.2 Å². The number of amides is 1. The third kappa shape index (κ3) is 4.03. The highest BCUT2D eigenvalue weighted by Crippen LogP contribution is 2.39. The Kier molecular flexibility index (Phi) is 6.02. The maximum atomic E-state index is 13.1. The van der Waals surface area contributed by atoms with Crippen molar-refractivity contribution in [2.75, 3.05) is 18.5 Å². The number of benzene rings is 3. The van der Waals surface area contributed by atoms with Crippen molar-refractivity contribution in [1.82, 2.24) is 0 Å². The van der Waals surface area contributed by atoms with E-state index in [-0.39, 0.29) is 6.61 Å². The maximum Gasteiger partial charge on any atom is 0.341 e. The van der Waals surface area contributed by atoms with Crippen LogP contribution in [0.5, 0.6) is 0 Å². The first-order chi connectivity index (χ1) is 16.6. The standard InChI is InChI=1S/C27H23NO5S/c1-2-32-27(31)24-20-12-7-13-21(20)34-25(24)28-22(29)15-33-26(30)23-18-10-5-3-8-16(18)14-17-9-4-6-11-19(17)23/h3-6,8-11,14H,2,7,12-13,15H2,1H3,(H,28,29). The predicted octanol–water partition coefficient (Wildman–Crippen LogP) is 5.52. The first-order valence-electron chi connectivity index (χ1n) is 11.3. The fraction of sp³-hybridized carbons (Fsp3) is 0.222. The number of nitrogens with one attached hydrogen (secondary N) is 1. The van der Waals surface area contributed by atoms with Crippen LogP contribution in [0, 0.1) is 0 Å². The van der Waals surface area contributed by atoms with Gasteiger partial charge in [0.25, 0.3) is 5.91 Å². The number of carbonyl (C=O) groups is 3. The zero-order valence-corrected chi connectivity index (χ0v) is 19.5. The number of aryl methyl sites for hydroxylation is 1. The summed E-state index contributed by atoms with van der Waals surface area (Å²) in [6.45, 7) is 1.55. The van der Waals surface area contributed by atoms with Crippen LogP contribution in [0.4, 0.5) is 5.00 Å². The van der Waals surface area contributed by atoms with Crippen molar-refractivity contribution in [3.63, 3.8) is 0 Å². The Morgan fingerprint density at radius 1 is 0.882 bits per heavy atom. The minimum atomic E-state index is -0.567. The second kappa shape index (κ2) is 9.27. The molecule has 0 atom stereocenters. The summed E-state index contributed by atoms with van der Waals surface area (Å²) in [7, 11) is 0. The van der Waals surface area contributed by atoms with Crippen LogP contribution < -0.4 is 5.32 Å². The van der Waals surface area contributed by atoms with Gasteiger partial charge in [-0.1, -0.05) is 48.5 Å². The van der Waals surface area contributed by atoms with E-state index in [0.29, 0.717) is 16.1 Å². The van der Waals surface area contributed by atoms with E-state index in [4.69, 9.17) is 9.47 Å². The minimum Gasteiger partial charge on any atom is -0.462 e. The van der Waals surface area contributed by atoms with Crippen LogP contribution in [-0.2, 0) is 27.1 Å². The van der Waals surface area contributed by atoms with Gasteiger partial charge in [-0.25, -0.2) is 9.59 Å². The number of carbonyl (C=O) groups excluding carboxylic acids is 3. The Bertz CT molecular complexity index is 1380. The summed E-state index contributed by atoms with van der Waals surface area (Å²) >= 11 is 1.39. The highest BCUT2D eigenvalue weighted by atomic mass is 32.1. The molecular formula is C27H23NO5S. The monoisotopic (exact) mass is 473 g/mol. The van der Waals surface area contributed by atoms with E-state index < -0.39 is 24.5 Å². The van der Waals surface area contributed by atoms with Crippen LogP contribution in [0.2, 0.25) is 0 Å². The Balaban J connectivity index is 1.37. The van der Waals surface area contributed by atoms with Crippen molar-refractivity contribution in [1.29, 1.82) is 0 Å². The van der Waals surface area contributed by atoms with Crippen molar-refractivity contribution >= 4 is 55.7 Å². The van der Waals surface area contributed by atoms with Crippen LogP contribution in [0.1, 0.15) is 44.5 Å². The molecule has 7 heteroatoms. The molecule has 1 aliphatic carbocycles. The minimum absolute atomic E-state index is 0.257. The number of esters is 2. The van der Waals surface area contributed by atoms with Crippen LogP contribution in [-0.4, -0.2) is 31.1 Å². The zero-order valence-electron chi connectivity index (χ0n) is 18.7. The first-order valence-corrected chi connectivity index (χ1v) is 12.1. The van der Waals surface area contributed by atoms with Crippen LogP contribution in [0.25, 0.3) is 21.5 Å². The Hall–Kier alpha value is -3.71. The van der Waals surface area contributed by atoms with Crippen molar-refractivity contribution in [3.05, 3.63) is 76.2 Å². The number of fused-ring (bicyclic) bond motifs is 3. The summed E-state index contributed by atoms with van der Waals surface area (Å²) in [6.07, 6.45) is 2.66. The quantitative estimate of drug-likeness (QED) is 0.295. The summed E-state index contributed by atoms with van der Waals surface area (Å²) in [5.41, 5.74) is 1.82. The summed E-state index contributed by atoms with van der Waals surface area (Å²) in [4.78, 5) is 39.4. The molecule has 1 aliphatic rings. The van der Waals surface area contributed by atoms with Gasteiger partial charge in [-0.15, -0.1) is 11.3 Å². The molecule has 3 aromatic carbocycles. The molecular weight excluding hydrogens is 450 g/mol. The SMILES string of the molecule is CCOC(=O)c1c(NC(=O)COC(=O)c2c3ccccc3cc3ccccc23)sc2c1CCC2. The second-order valence-electron chi connectivity index (χ2n) is 8.10. The molecule has 1 N–H and O–H groups in total. The number of thiophene rings is 1. The lowest BCUT2D eigenvalue weighted by molar-refractivity contribution is -0.119. The largest absolute Gasteiger partial charge is 0.462 e. The Morgan fingerprint density at radius 3 is 2.21 bits per heavy atom. The van der Waals surface area contributed by atoms with Gasteiger partial charge in [0.2, 0.25) is 0 Å². The van der Waals surface area contributed by atoms with E-state index in [2.05, 4.69) is 5.32 Å². The van der Waals surface area contributed by atoms with E-state index in [0.717, 1.165) is 51.2 Å². The normalized spacial score (nSPS) is 12.5. The van der Waals surface area contributed by atoms with E-state index >= 15 is 0 Å². The molecule has 1 aromatic heterocycles. The third-order valence-corrected chi connectivity index (χ3v) is 7.17. The molecule has 1 amide bonds. The van der Waals surface area contributed by atoms with Gasteiger partial charge in [0.15, 0.2) is 6.61 Å². The molecule has 0 spiro atoms. The Morgan fingerprint density at radius 2 is 1.53 bits per heavy atom. The fourth-order valence-electron chi connectivity index (χ4n) is 4.51. The van der Waals surface area contributed by atoms with Gasteiger partial charge in [-0.3, -0.25) is 4.79 Å². The van der Waals surface area contributed by atoms with Gasteiger partial charge in [0.05, 0.1) is 17.7 Å². The van der Waals surface area contributed by atoms with Gasteiger partial charge in [0, 0.05) is 4.88 Å². The molecule has 0 saturated carbocycles. The maximum absolute atomic E-state index is 13.1. The Labute approximate surface area is 200 Å².